The predicted octanol–water partition coefficient (Wildman–Crippen LogP) is 1.16. The minimum Gasteiger partial charge on any atom is -0.393 e. The largest absolute Gasteiger partial charge is 0.393 e. The SMILES string of the molecule is C=CC.CC1CC2C(=O)OC(=O)C12.O=C1C=CC(=O)O1.[V]. The van der Waals surface area contributed by atoms with Gasteiger partial charge in [-0.2, -0.15) is 0 Å². The van der Waals surface area contributed by atoms with E-state index in [1.807, 2.05) is 13.8 Å². The molecule has 3 aliphatic rings. The molecular weight excluding hydrogens is 315 g/mol. The van der Waals surface area contributed by atoms with E-state index >= 15 is 0 Å². The predicted molar refractivity (Wildman–Crippen MR) is 68.0 cm³/mol. The molecule has 1 aliphatic carbocycles. The van der Waals surface area contributed by atoms with Gasteiger partial charge in [-0.25, -0.2) is 9.59 Å². The Labute approximate surface area is 134 Å². The third kappa shape index (κ3) is 4.99. The van der Waals surface area contributed by atoms with Gasteiger partial charge in [0.15, 0.2) is 0 Å². The van der Waals surface area contributed by atoms with Gasteiger partial charge in [-0.05, 0) is 19.3 Å². The molecule has 0 spiro atoms. The number of fused-ring (bicyclic) bond motifs is 1. The Morgan fingerprint density at radius 3 is 1.81 bits per heavy atom. The molecule has 0 aromatic carbocycles. The molecule has 1 radical (unpaired) electrons. The van der Waals surface area contributed by atoms with E-state index in [0.717, 1.165) is 18.6 Å². The first kappa shape index (κ1) is 19.3. The van der Waals surface area contributed by atoms with Gasteiger partial charge in [-0.3, -0.25) is 9.59 Å². The van der Waals surface area contributed by atoms with Crippen LogP contribution in [0.3, 0.4) is 0 Å². The summed E-state index contributed by atoms with van der Waals surface area (Å²) in [6.07, 6.45) is 4.75. The molecule has 2 heterocycles. The van der Waals surface area contributed by atoms with Gasteiger partial charge in [-0.15, -0.1) is 6.58 Å². The summed E-state index contributed by atoms with van der Waals surface area (Å²) in [6, 6.07) is 0. The number of esters is 4. The number of carbonyl (C=O) groups is 4. The van der Waals surface area contributed by atoms with Crippen LogP contribution in [0, 0.1) is 17.8 Å². The van der Waals surface area contributed by atoms with E-state index in [9.17, 15) is 19.2 Å². The van der Waals surface area contributed by atoms with E-state index in [0.29, 0.717) is 5.92 Å². The number of carbonyl (C=O) groups excluding carboxylic acids is 4. The van der Waals surface area contributed by atoms with Gasteiger partial charge in [0.1, 0.15) is 0 Å². The second-order valence-electron chi connectivity index (χ2n) is 4.57. The molecule has 2 aliphatic heterocycles. The molecule has 0 N–H and O–H groups in total. The van der Waals surface area contributed by atoms with Crippen LogP contribution >= 0.6 is 0 Å². The van der Waals surface area contributed by atoms with Crippen LogP contribution in [-0.2, 0) is 47.2 Å². The quantitative estimate of drug-likeness (QED) is 0.376. The Morgan fingerprint density at radius 1 is 1.10 bits per heavy atom. The number of allylic oxidation sites excluding steroid dienone is 1. The summed E-state index contributed by atoms with van der Waals surface area (Å²) in [5.74, 6) is -1.63. The van der Waals surface area contributed by atoms with Gasteiger partial charge in [0.05, 0.1) is 11.8 Å². The van der Waals surface area contributed by atoms with Crippen LogP contribution < -0.4 is 0 Å². The summed E-state index contributed by atoms with van der Waals surface area (Å²) in [5, 5.41) is 0. The molecule has 3 unspecified atom stereocenters. The van der Waals surface area contributed by atoms with Crippen molar-refractivity contribution in [1.82, 2.24) is 0 Å². The fourth-order valence-corrected chi connectivity index (χ4v) is 2.08. The molecule has 1 saturated heterocycles. The van der Waals surface area contributed by atoms with Crippen LogP contribution in [0.25, 0.3) is 0 Å². The molecule has 0 amide bonds. The molecule has 0 aromatic heterocycles. The van der Waals surface area contributed by atoms with E-state index in [1.165, 1.54) is 0 Å². The average Bonchev–Trinajstić information content (AvgIpc) is 2.80. The van der Waals surface area contributed by atoms with Crippen molar-refractivity contribution in [2.24, 2.45) is 17.8 Å². The Morgan fingerprint density at radius 2 is 1.57 bits per heavy atom. The number of hydrogen-bond donors (Lipinski definition) is 0. The summed E-state index contributed by atoms with van der Waals surface area (Å²) >= 11 is 0. The topological polar surface area (TPSA) is 86.7 Å². The fourth-order valence-electron chi connectivity index (χ4n) is 2.08. The Bertz CT molecular complexity index is 466. The summed E-state index contributed by atoms with van der Waals surface area (Å²) in [7, 11) is 0. The monoisotopic (exact) mass is 331 g/mol. The summed E-state index contributed by atoms with van der Waals surface area (Å²) in [6.45, 7) is 7.22. The van der Waals surface area contributed by atoms with Crippen LogP contribution in [0.5, 0.6) is 0 Å². The van der Waals surface area contributed by atoms with Crippen molar-refractivity contribution in [3.8, 4) is 0 Å². The first-order chi connectivity index (χ1) is 9.40. The Hall–Kier alpha value is -1.66. The molecule has 6 nitrogen and oxygen atoms in total. The third-order valence-electron chi connectivity index (χ3n) is 3.01. The standard InChI is InChI=1S/C7H8O3.C4H2O3.C3H6.V/c1-3-2-4-5(3)7(9)10-6(4)8;5-3-1-2-4(6)7-3;1-3-2;/h3-5H,2H2,1H3;1-2H;3H,1H2,2H3;. The molecule has 1 saturated carbocycles. The number of cyclic esters (lactones) is 4. The minimum absolute atomic E-state index is 0. The third-order valence-corrected chi connectivity index (χ3v) is 3.01. The second kappa shape index (κ2) is 8.59. The normalized spacial score (nSPS) is 27.6. The zero-order valence-corrected chi connectivity index (χ0v) is 13.2. The van der Waals surface area contributed by atoms with E-state index in [-0.39, 0.29) is 42.3 Å². The number of hydrogen-bond acceptors (Lipinski definition) is 6. The molecule has 21 heavy (non-hydrogen) atoms. The van der Waals surface area contributed by atoms with Gasteiger partial charge in [0.2, 0.25) is 0 Å². The van der Waals surface area contributed by atoms with Crippen LogP contribution in [-0.4, -0.2) is 23.9 Å². The first-order valence-electron chi connectivity index (χ1n) is 6.17. The zero-order valence-electron chi connectivity index (χ0n) is 11.8. The van der Waals surface area contributed by atoms with Gasteiger partial charge in [0, 0.05) is 30.7 Å². The smallest absolute Gasteiger partial charge is 0.338 e. The van der Waals surface area contributed by atoms with Crippen molar-refractivity contribution in [3.05, 3.63) is 24.8 Å². The van der Waals surface area contributed by atoms with Crippen LogP contribution in [0.2, 0.25) is 0 Å². The summed E-state index contributed by atoms with van der Waals surface area (Å²) in [4.78, 5) is 41.4. The van der Waals surface area contributed by atoms with Crippen molar-refractivity contribution in [2.75, 3.05) is 0 Å². The Balaban J connectivity index is 0.000000322. The van der Waals surface area contributed by atoms with Gasteiger partial charge in [-0.1, -0.05) is 13.0 Å². The van der Waals surface area contributed by atoms with E-state index in [1.54, 1.807) is 6.08 Å². The van der Waals surface area contributed by atoms with Crippen LogP contribution in [0.1, 0.15) is 20.3 Å². The van der Waals surface area contributed by atoms with Gasteiger partial charge >= 0.3 is 23.9 Å². The maximum atomic E-state index is 10.8. The van der Waals surface area contributed by atoms with Crippen molar-refractivity contribution in [3.63, 3.8) is 0 Å². The molecule has 2 fully saturated rings. The number of rotatable bonds is 0. The maximum Gasteiger partial charge on any atom is 0.338 e. The fraction of sp³-hybridized carbons (Fsp3) is 0.429. The van der Waals surface area contributed by atoms with Crippen LogP contribution in [0.15, 0.2) is 24.8 Å². The average molecular weight is 331 g/mol. The van der Waals surface area contributed by atoms with Gasteiger partial charge in [0.25, 0.3) is 0 Å². The molecule has 3 atom stereocenters. The van der Waals surface area contributed by atoms with Crippen molar-refractivity contribution < 1.29 is 47.2 Å². The number of ether oxygens (including phenoxy) is 2. The molecule has 3 rings (SSSR count). The molecular formula is C14H16O6V. The Kier molecular flexibility index (Phi) is 7.91. The molecule has 7 heteroatoms. The van der Waals surface area contributed by atoms with Crippen molar-refractivity contribution in [1.29, 1.82) is 0 Å². The zero-order chi connectivity index (χ0) is 15.3. The molecule has 0 aromatic rings. The van der Waals surface area contributed by atoms with Crippen molar-refractivity contribution >= 4 is 23.9 Å². The molecule has 0 bridgehead atoms. The van der Waals surface area contributed by atoms with E-state index in [4.69, 9.17) is 0 Å². The van der Waals surface area contributed by atoms with Gasteiger partial charge < -0.3 is 9.47 Å². The summed E-state index contributed by atoms with van der Waals surface area (Å²) in [5.41, 5.74) is 0. The van der Waals surface area contributed by atoms with Crippen LogP contribution in [0.4, 0.5) is 0 Å². The molecule has 113 valence electrons. The second-order valence-corrected chi connectivity index (χ2v) is 4.57. The van der Waals surface area contributed by atoms with E-state index in [2.05, 4.69) is 16.1 Å². The maximum absolute atomic E-state index is 10.8. The first-order valence-corrected chi connectivity index (χ1v) is 6.17. The van der Waals surface area contributed by atoms with E-state index < -0.39 is 11.9 Å². The minimum atomic E-state index is -0.579. The van der Waals surface area contributed by atoms with Crippen molar-refractivity contribution in [2.45, 2.75) is 20.3 Å². The summed E-state index contributed by atoms with van der Waals surface area (Å²) < 4.78 is 8.41.